The van der Waals surface area contributed by atoms with Gasteiger partial charge in [-0.25, -0.2) is 8.42 Å². The minimum atomic E-state index is -3.10. The van der Waals surface area contributed by atoms with E-state index in [-0.39, 0.29) is 17.0 Å². The molecule has 0 aromatic heterocycles. The summed E-state index contributed by atoms with van der Waals surface area (Å²) in [4.78, 5) is 0. The molecule has 0 spiro atoms. The monoisotopic (exact) mass is 311 g/mol. The van der Waals surface area contributed by atoms with Crippen LogP contribution in [0.25, 0.3) is 0 Å². The Hall–Kier alpha value is -0.910. The largest absolute Gasteiger partial charge is 0.381 e. The number of benzene rings is 1. The first-order chi connectivity index (χ1) is 10.1. The van der Waals surface area contributed by atoms with Crippen LogP contribution in [0.4, 0.5) is 0 Å². The second-order valence-electron chi connectivity index (χ2n) is 5.56. The molecule has 0 amide bonds. The Kier molecular flexibility index (Phi) is 6.21. The van der Waals surface area contributed by atoms with Gasteiger partial charge in [-0.2, -0.15) is 0 Å². The van der Waals surface area contributed by atoms with Crippen LogP contribution in [-0.2, 0) is 14.6 Å². The summed E-state index contributed by atoms with van der Waals surface area (Å²) in [6, 6.07) is 9.72. The highest BCUT2D eigenvalue weighted by molar-refractivity contribution is 7.92. The molecule has 0 aliphatic carbocycles. The number of hydrogen-bond donors (Lipinski definition) is 1. The fourth-order valence-corrected chi connectivity index (χ4v) is 4.64. The van der Waals surface area contributed by atoms with Crippen LogP contribution in [0, 0.1) is 0 Å². The average Bonchev–Trinajstić information content (AvgIpc) is 2.53. The summed E-state index contributed by atoms with van der Waals surface area (Å²) in [5.74, 6) is 0.168. The van der Waals surface area contributed by atoms with Crippen LogP contribution < -0.4 is 5.32 Å². The molecule has 1 aliphatic rings. The Morgan fingerprint density at radius 3 is 2.52 bits per heavy atom. The van der Waals surface area contributed by atoms with Gasteiger partial charge in [0.15, 0.2) is 9.84 Å². The van der Waals surface area contributed by atoms with Crippen LogP contribution in [0.3, 0.4) is 0 Å². The van der Waals surface area contributed by atoms with Crippen LogP contribution in [0.5, 0.6) is 0 Å². The minimum Gasteiger partial charge on any atom is -0.381 e. The molecule has 1 fully saturated rings. The van der Waals surface area contributed by atoms with Crippen molar-refractivity contribution < 1.29 is 13.2 Å². The first kappa shape index (κ1) is 16.5. The topological polar surface area (TPSA) is 55.4 Å². The van der Waals surface area contributed by atoms with Crippen molar-refractivity contribution in [3.05, 3.63) is 35.9 Å². The first-order valence-electron chi connectivity index (χ1n) is 7.71. The molecule has 1 aliphatic heterocycles. The fourth-order valence-electron chi connectivity index (χ4n) is 2.68. The summed E-state index contributed by atoms with van der Waals surface area (Å²) in [6.07, 6.45) is 2.23. The lowest BCUT2D eigenvalue weighted by molar-refractivity contribution is 0.0983. The number of ether oxygens (including phenoxy) is 1. The molecule has 1 aromatic rings. The zero-order chi connectivity index (χ0) is 15.1. The van der Waals surface area contributed by atoms with Gasteiger partial charge >= 0.3 is 0 Å². The van der Waals surface area contributed by atoms with Gasteiger partial charge in [0.1, 0.15) is 0 Å². The molecule has 0 radical (unpaired) electrons. The van der Waals surface area contributed by atoms with Gasteiger partial charge in [0.05, 0.1) is 11.0 Å². The third kappa shape index (κ3) is 4.80. The molecule has 2 rings (SSSR count). The van der Waals surface area contributed by atoms with Crippen LogP contribution in [0.2, 0.25) is 0 Å². The lowest BCUT2D eigenvalue weighted by atomic mass is 10.1. The molecule has 0 bridgehead atoms. The van der Waals surface area contributed by atoms with Crippen molar-refractivity contribution in [2.24, 2.45) is 0 Å². The van der Waals surface area contributed by atoms with Crippen molar-refractivity contribution in [2.75, 3.05) is 25.5 Å². The molecule has 1 aromatic carbocycles. The third-order valence-electron chi connectivity index (χ3n) is 3.92. The van der Waals surface area contributed by atoms with Crippen molar-refractivity contribution in [3.8, 4) is 0 Å². The second-order valence-corrected chi connectivity index (χ2v) is 7.88. The maximum Gasteiger partial charge on any atom is 0.155 e. The van der Waals surface area contributed by atoms with E-state index in [1.165, 1.54) is 0 Å². The van der Waals surface area contributed by atoms with E-state index < -0.39 is 9.84 Å². The zero-order valence-corrected chi connectivity index (χ0v) is 13.4. The molecule has 5 heteroatoms. The summed E-state index contributed by atoms with van der Waals surface area (Å²) in [5, 5.41) is 3.12. The molecule has 1 unspecified atom stereocenters. The smallest absolute Gasteiger partial charge is 0.155 e. The van der Waals surface area contributed by atoms with Crippen molar-refractivity contribution in [3.63, 3.8) is 0 Å². The molecule has 118 valence electrons. The van der Waals surface area contributed by atoms with Crippen molar-refractivity contribution in [1.29, 1.82) is 0 Å². The predicted octanol–water partition coefficient (Wildman–Crippen LogP) is 2.32. The molecule has 21 heavy (non-hydrogen) atoms. The number of hydrogen-bond acceptors (Lipinski definition) is 4. The lowest BCUT2D eigenvalue weighted by Crippen LogP contribution is -2.36. The van der Waals surface area contributed by atoms with Crippen molar-refractivity contribution in [1.82, 2.24) is 5.32 Å². The average molecular weight is 311 g/mol. The van der Waals surface area contributed by atoms with Gasteiger partial charge in [0, 0.05) is 19.3 Å². The zero-order valence-electron chi connectivity index (χ0n) is 12.6. The predicted molar refractivity (Wildman–Crippen MR) is 85.1 cm³/mol. The van der Waals surface area contributed by atoms with Crippen LogP contribution in [0.15, 0.2) is 30.3 Å². The highest BCUT2D eigenvalue weighted by atomic mass is 32.2. The summed E-state index contributed by atoms with van der Waals surface area (Å²) >= 11 is 0. The Morgan fingerprint density at radius 1 is 1.24 bits per heavy atom. The summed E-state index contributed by atoms with van der Waals surface area (Å²) in [5.41, 5.74) is 1.04. The van der Waals surface area contributed by atoms with E-state index in [4.69, 9.17) is 4.74 Å². The number of sulfone groups is 1. The van der Waals surface area contributed by atoms with Gasteiger partial charge in [-0.3, -0.25) is 0 Å². The van der Waals surface area contributed by atoms with E-state index >= 15 is 0 Å². The van der Waals surface area contributed by atoms with Gasteiger partial charge in [0.25, 0.3) is 0 Å². The molecule has 1 saturated heterocycles. The van der Waals surface area contributed by atoms with E-state index in [0.717, 1.165) is 18.5 Å². The van der Waals surface area contributed by atoms with Gasteiger partial charge in [-0.1, -0.05) is 37.3 Å². The van der Waals surface area contributed by atoms with Crippen LogP contribution in [0.1, 0.15) is 37.8 Å². The van der Waals surface area contributed by atoms with E-state index in [2.05, 4.69) is 12.2 Å². The van der Waals surface area contributed by atoms with Gasteiger partial charge in [-0.05, 0) is 31.4 Å². The second kappa shape index (κ2) is 7.92. The number of rotatable bonds is 7. The Bertz CT molecular complexity index is 510. The molecular weight excluding hydrogens is 286 g/mol. The molecule has 1 N–H and O–H groups in total. The minimum absolute atomic E-state index is 0.126. The lowest BCUT2D eigenvalue weighted by Gasteiger charge is -2.25. The van der Waals surface area contributed by atoms with E-state index in [1.807, 2.05) is 30.3 Å². The summed E-state index contributed by atoms with van der Waals surface area (Å²) in [6.45, 7) is 4.02. The van der Waals surface area contributed by atoms with Gasteiger partial charge in [0.2, 0.25) is 0 Å². The van der Waals surface area contributed by atoms with Crippen molar-refractivity contribution in [2.45, 2.75) is 37.5 Å². The summed E-state index contributed by atoms with van der Waals surface area (Å²) in [7, 11) is -3.10. The maximum atomic E-state index is 12.6. The van der Waals surface area contributed by atoms with Crippen LogP contribution >= 0.6 is 0 Å². The quantitative estimate of drug-likeness (QED) is 0.839. The first-order valence-corrected chi connectivity index (χ1v) is 9.42. The molecule has 1 atom stereocenters. The van der Waals surface area contributed by atoms with Gasteiger partial charge in [-0.15, -0.1) is 0 Å². The van der Waals surface area contributed by atoms with E-state index in [0.29, 0.717) is 26.1 Å². The molecule has 0 saturated carbocycles. The molecule has 4 nitrogen and oxygen atoms in total. The highest BCUT2D eigenvalue weighted by Gasteiger charge is 2.30. The summed E-state index contributed by atoms with van der Waals surface area (Å²) < 4.78 is 30.5. The third-order valence-corrected chi connectivity index (χ3v) is 6.20. The van der Waals surface area contributed by atoms with E-state index in [1.54, 1.807) is 0 Å². The standard InChI is InChI=1S/C16H25NO3S/c1-2-10-17-16(14-6-4-3-5-7-14)13-21(18,19)15-8-11-20-12-9-15/h3-7,15-17H,2,8-13H2,1H3. The Labute approximate surface area is 127 Å². The SMILES string of the molecule is CCCNC(CS(=O)(=O)C1CCOCC1)c1ccccc1. The van der Waals surface area contributed by atoms with E-state index in [9.17, 15) is 8.42 Å². The highest BCUT2D eigenvalue weighted by Crippen LogP contribution is 2.22. The maximum absolute atomic E-state index is 12.6. The fraction of sp³-hybridized carbons (Fsp3) is 0.625. The van der Waals surface area contributed by atoms with Crippen molar-refractivity contribution >= 4 is 9.84 Å². The Balaban J connectivity index is 2.10. The molecular formula is C16H25NO3S. The van der Waals surface area contributed by atoms with Gasteiger partial charge < -0.3 is 10.1 Å². The van der Waals surface area contributed by atoms with Crippen LogP contribution in [-0.4, -0.2) is 39.2 Å². The number of nitrogens with one attached hydrogen (secondary N) is 1. The Morgan fingerprint density at radius 2 is 1.90 bits per heavy atom. The molecule has 1 heterocycles. The normalized spacial score (nSPS) is 18.5.